The van der Waals surface area contributed by atoms with Crippen molar-refractivity contribution in [3.63, 3.8) is 0 Å². The second-order valence-electron chi connectivity index (χ2n) is 6.24. The van der Waals surface area contributed by atoms with Crippen LogP contribution in [0.4, 0.5) is 5.69 Å². The van der Waals surface area contributed by atoms with Gasteiger partial charge in [0.25, 0.3) is 0 Å². The molecule has 1 aliphatic carbocycles. The number of nitrogens with one attached hydrogen (secondary N) is 2. The van der Waals surface area contributed by atoms with Crippen molar-refractivity contribution in [3.8, 4) is 0 Å². The van der Waals surface area contributed by atoms with Crippen LogP contribution in [0.1, 0.15) is 43.5 Å². The molecule has 2 rings (SSSR count). The molecule has 1 aromatic carbocycles. The molecule has 1 aromatic rings. The van der Waals surface area contributed by atoms with Gasteiger partial charge in [0, 0.05) is 17.3 Å². The lowest BCUT2D eigenvalue weighted by atomic mass is 9.78. The molecule has 120 valence electrons. The largest absolute Gasteiger partial charge is 0.366 e. The van der Waals surface area contributed by atoms with E-state index >= 15 is 0 Å². The van der Waals surface area contributed by atoms with Gasteiger partial charge in [-0.15, -0.1) is 0 Å². The number of hydrogen-bond donors (Lipinski definition) is 3. The van der Waals surface area contributed by atoms with E-state index in [1.807, 2.05) is 0 Å². The fourth-order valence-corrected chi connectivity index (χ4v) is 3.02. The van der Waals surface area contributed by atoms with Crippen LogP contribution in [0.15, 0.2) is 24.3 Å². The first-order chi connectivity index (χ1) is 10.5. The summed E-state index contributed by atoms with van der Waals surface area (Å²) in [6, 6.07) is 6.99. The van der Waals surface area contributed by atoms with Crippen molar-refractivity contribution in [2.45, 2.75) is 39.2 Å². The van der Waals surface area contributed by atoms with Crippen LogP contribution in [-0.2, 0) is 4.79 Å². The van der Waals surface area contributed by atoms with Gasteiger partial charge in [0.15, 0.2) is 0 Å². The number of nitrogens with two attached hydrogens (primary N) is 1. The molecule has 3 atom stereocenters. The highest BCUT2D eigenvalue weighted by molar-refractivity contribution is 5.95. The van der Waals surface area contributed by atoms with Crippen LogP contribution < -0.4 is 16.4 Å². The number of anilines is 1. The third-order valence-corrected chi connectivity index (χ3v) is 4.68. The maximum Gasteiger partial charge on any atom is 0.248 e. The van der Waals surface area contributed by atoms with Gasteiger partial charge < -0.3 is 16.4 Å². The summed E-state index contributed by atoms with van der Waals surface area (Å²) in [5.74, 6) is 0.754. The Morgan fingerprint density at radius 3 is 2.50 bits per heavy atom. The first-order valence-electron chi connectivity index (χ1n) is 7.90. The number of benzene rings is 1. The van der Waals surface area contributed by atoms with Gasteiger partial charge in [0.05, 0.1) is 6.54 Å². The van der Waals surface area contributed by atoms with Crippen LogP contribution in [0.25, 0.3) is 0 Å². The fraction of sp³-hybridized carbons (Fsp3) is 0.529. The van der Waals surface area contributed by atoms with Crippen molar-refractivity contribution in [3.05, 3.63) is 29.8 Å². The normalized spacial score (nSPS) is 24.7. The Balaban J connectivity index is 1.81. The van der Waals surface area contributed by atoms with E-state index in [9.17, 15) is 9.59 Å². The molecule has 22 heavy (non-hydrogen) atoms. The van der Waals surface area contributed by atoms with Crippen LogP contribution in [0.2, 0.25) is 0 Å². The van der Waals surface area contributed by atoms with Gasteiger partial charge in [-0.3, -0.25) is 9.59 Å². The average Bonchev–Trinajstić information content (AvgIpc) is 2.49. The predicted octanol–water partition coefficient (Wildman–Crippen LogP) is 2.14. The van der Waals surface area contributed by atoms with E-state index in [2.05, 4.69) is 24.5 Å². The van der Waals surface area contributed by atoms with E-state index in [1.165, 1.54) is 12.8 Å². The van der Waals surface area contributed by atoms with Crippen LogP contribution in [-0.4, -0.2) is 24.4 Å². The van der Waals surface area contributed by atoms with E-state index in [4.69, 9.17) is 5.73 Å². The van der Waals surface area contributed by atoms with Gasteiger partial charge in [-0.05, 0) is 42.5 Å². The van der Waals surface area contributed by atoms with E-state index in [0.717, 1.165) is 6.42 Å². The average molecular weight is 303 g/mol. The van der Waals surface area contributed by atoms with Crippen LogP contribution in [0.3, 0.4) is 0 Å². The van der Waals surface area contributed by atoms with Crippen LogP contribution >= 0.6 is 0 Å². The van der Waals surface area contributed by atoms with Crippen molar-refractivity contribution in [2.75, 3.05) is 11.9 Å². The second kappa shape index (κ2) is 7.40. The molecular formula is C17H25N3O2. The molecule has 1 aliphatic rings. The lowest BCUT2D eigenvalue weighted by Crippen LogP contribution is -2.43. The third kappa shape index (κ3) is 4.31. The molecular weight excluding hydrogens is 278 g/mol. The number of rotatable bonds is 5. The molecule has 5 nitrogen and oxygen atoms in total. The molecule has 5 heteroatoms. The Morgan fingerprint density at radius 2 is 1.86 bits per heavy atom. The smallest absolute Gasteiger partial charge is 0.248 e. The summed E-state index contributed by atoms with van der Waals surface area (Å²) in [6.07, 6.45) is 3.63. The highest BCUT2D eigenvalue weighted by Gasteiger charge is 2.26. The Labute approximate surface area is 131 Å². The predicted molar refractivity (Wildman–Crippen MR) is 87.6 cm³/mol. The number of primary amides is 1. The zero-order valence-corrected chi connectivity index (χ0v) is 13.3. The number of carbonyl (C=O) groups excluding carboxylic acids is 2. The molecule has 0 radical (unpaired) electrons. The lowest BCUT2D eigenvalue weighted by Gasteiger charge is -2.34. The minimum atomic E-state index is -0.472. The van der Waals surface area contributed by atoms with Crippen molar-refractivity contribution in [2.24, 2.45) is 17.6 Å². The highest BCUT2D eigenvalue weighted by atomic mass is 16.2. The molecule has 2 amide bonds. The SMILES string of the molecule is C[C@H]1[C@@H](NCC(=O)Nc2ccc(C(N)=O)cc2)CCC[C@@H]1C. The molecule has 0 saturated heterocycles. The highest BCUT2D eigenvalue weighted by Crippen LogP contribution is 2.29. The molecule has 1 saturated carbocycles. The maximum absolute atomic E-state index is 12.0. The third-order valence-electron chi connectivity index (χ3n) is 4.68. The zero-order chi connectivity index (χ0) is 16.1. The van der Waals surface area contributed by atoms with Gasteiger partial charge in [-0.25, -0.2) is 0 Å². The topological polar surface area (TPSA) is 84.2 Å². The zero-order valence-electron chi connectivity index (χ0n) is 13.3. The van der Waals surface area contributed by atoms with Gasteiger partial charge in [-0.1, -0.05) is 26.7 Å². The Kier molecular flexibility index (Phi) is 5.55. The first-order valence-corrected chi connectivity index (χ1v) is 7.90. The van der Waals surface area contributed by atoms with Gasteiger partial charge in [0.1, 0.15) is 0 Å². The quantitative estimate of drug-likeness (QED) is 0.779. The van der Waals surface area contributed by atoms with Crippen molar-refractivity contribution >= 4 is 17.5 Å². The monoisotopic (exact) mass is 303 g/mol. The standard InChI is InChI=1S/C17H25N3O2/c1-11-4-3-5-15(12(11)2)19-10-16(21)20-14-8-6-13(7-9-14)17(18)22/h6-9,11-12,15,19H,3-5,10H2,1-2H3,(H2,18,22)(H,20,21)/t11-,12+,15-/m0/s1. The summed E-state index contributed by atoms with van der Waals surface area (Å²) in [5, 5.41) is 6.19. The van der Waals surface area contributed by atoms with E-state index < -0.39 is 5.91 Å². The molecule has 0 aliphatic heterocycles. The van der Waals surface area contributed by atoms with Crippen molar-refractivity contribution in [1.82, 2.24) is 5.32 Å². The fourth-order valence-electron chi connectivity index (χ4n) is 3.02. The summed E-state index contributed by atoms with van der Waals surface area (Å²) in [7, 11) is 0. The van der Waals surface area contributed by atoms with Crippen molar-refractivity contribution < 1.29 is 9.59 Å². The number of hydrogen-bond acceptors (Lipinski definition) is 3. The summed E-state index contributed by atoms with van der Waals surface area (Å²) in [6.45, 7) is 4.83. The van der Waals surface area contributed by atoms with Crippen LogP contribution in [0.5, 0.6) is 0 Å². The Morgan fingerprint density at radius 1 is 1.18 bits per heavy atom. The molecule has 4 N–H and O–H groups in total. The molecule has 0 aromatic heterocycles. The van der Waals surface area contributed by atoms with Gasteiger partial charge in [0.2, 0.25) is 11.8 Å². The minimum Gasteiger partial charge on any atom is -0.366 e. The number of carbonyl (C=O) groups is 2. The van der Waals surface area contributed by atoms with E-state index in [-0.39, 0.29) is 5.91 Å². The molecule has 0 heterocycles. The molecule has 1 fully saturated rings. The second-order valence-corrected chi connectivity index (χ2v) is 6.24. The molecule has 0 bridgehead atoms. The first kappa shape index (κ1) is 16.5. The van der Waals surface area contributed by atoms with Crippen molar-refractivity contribution in [1.29, 1.82) is 0 Å². The maximum atomic E-state index is 12.0. The Hall–Kier alpha value is -1.88. The summed E-state index contributed by atoms with van der Waals surface area (Å²) in [4.78, 5) is 23.0. The van der Waals surface area contributed by atoms with Gasteiger partial charge >= 0.3 is 0 Å². The summed E-state index contributed by atoms with van der Waals surface area (Å²) in [5.41, 5.74) is 6.28. The van der Waals surface area contributed by atoms with E-state index in [0.29, 0.717) is 35.7 Å². The number of amides is 2. The Bertz CT molecular complexity index is 527. The van der Waals surface area contributed by atoms with E-state index in [1.54, 1.807) is 24.3 Å². The summed E-state index contributed by atoms with van der Waals surface area (Å²) < 4.78 is 0. The molecule has 0 spiro atoms. The lowest BCUT2D eigenvalue weighted by molar-refractivity contribution is -0.115. The minimum absolute atomic E-state index is 0.0720. The van der Waals surface area contributed by atoms with Gasteiger partial charge in [-0.2, -0.15) is 0 Å². The molecule has 0 unspecified atom stereocenters. The van der Waals surface area contributed by atoms with Crippen LogP contribution in [0, 0.1) is 11.8 Å². The summed E-state index contributed by atoms with van der Waals surface area (Å²) >= 11 is 0.